The molecule has 138 valence electrons. The molecule has 1 aromatic carbocycles. The molecule has 6 nitrogen and oxygen atoms in total. The Morgan fingerprint density at radius 3 is 2.81 bits per heavy atom. The summed E-state index contributed by atoms with van der Waals surface area (Å²) >= 11 is 6.77. The second-order valence-electron chi connectivity index (χ2n) is 6.25. The van der Waals surface area contributed by atoms with E-state index in [1.54, 1.807) is 4.90 Å². The van der Waals surface area contributed by atoms with E-state index in [-0.39, 0.29) is 12.7 Å². The molecule has 0 radical (unpaired) electrons. The van der Waals surface area contributed by atoms with Gasteiger partial charge in [-0.3, -0.25) is 14.6 Å². The summed E-state index contributed by atoms with van der Waals surface area (Å²) in [4.78, 5) is 17.4. The van der Waals surface area contributed by atoms with E-state index in [1.165, 1.54) is 11.8 Å². The monoisotopic (exact) mass is 392 g/mol. The van der Waals surface area contributed by atoms with Crippen molar-refractivity contribution in [1.29, 1.82) is 0 Å². The first-order valence-electron chi connectivity index (χ1n) is 8.66. The van der Waals surface area contributed by atoms with Crippen LogP contribution in [0.3, 0.4) is 0 Å². The van der Waals surface area contributed by atoms with Crippen LogP contribution in [0.25, 0.3) is 6.08 Å². The highest BCUT2D eigenvalue weighted by molar-refractivity contribution is 8.26. The fourth-order valence-electron chi connectivity index (χ4n) is 3.12. The van der Waals surface area contributed by atoms with Gasteiger partial charge in [-0.05, 0) is 30.2 Å². The van der Waals surface area contributed by atoms with Gasteiger partial charge in [0.25, 0.3) is 5.91 Å². The molecule has 0 aliphatic carbocycles. The van der Waals surface area contributed by atoms with E-state index >= 15 is 0 Å². The molecular weight excluding hydrogens is 372 g/mol. The summed E-state index contributed by atoms with van der Waals surface area (Å²) in [6.45, 7) is 5.36. The molecule has 0 bridgehead atoms. The highest BCUT2D eigenvalue weighted by Crippen LogP contribution is 2.36. The molecule has 0 N–H and O–H groups in total. The van der Waals surface area contributed by atoms with Crippen LogP contribution >= 0.6 is 24.0 Å². The second kappa shape index (κ2) is 7.96. The van der Waals surface area contributed by atoms with Gasteiger partial charge in [0, 0.05) is 26.2 Å². The van der Waals surface area contributed by atoms with Gasteiger partial charge in [0.05, 0.1) is 18.1 Å². The van der Waals surface area contributed by atoms with Gasteiger partial charge >= 0.3 is 0 Å². The van der Waals surface area contributed by atoms with Crippen molar-refractivity contribution in [3.05, 3.63) is 28.7 Å². The molecule has 1 aromatic rings. The number of carbonyl (C=O) groups excluding carboxylic acids is 1. The number of benzene rings is 1. The van der Waals surface area contributed by atoms with Crippen LogP contribution in [0.15, 0.2) is 23.1 Å². The third-order valence-corrected chi connectivity index (χ3v) is 5.91. The lowest BCUT2D eigenvalue weighted by molar-refractivity contribution is -0.122. The topological polar surface area (TPSA) is 51.2 Å². The van der Waals surface area contributed by atoms with Crippen molar-refractivity contribution in [2.45, 2.75) is 6.42 Å². The number of carbonyl (C=O) groups is 1. The van der Waals surface area contributed by atoms with E-state index in [1.807, 2.05) is 24.3 Å². The lowest BCUT2D eigenvalue weighted by Gasteiger charge is -2.27. The van der Waals surface area contributed by atoms with Crippen LogP contribution in [0, 0.1) is 0 Å². The summed E-state index contributed by atoms with van der Waals surface area (Å²) < 4.78 is 16.7. The quantitative estimate of drug-likeness (QED) is 0.563. The van der Waals surface area contributed by atoms with Gasteiger partial charge in [-0.15, -0.1) is 0 Å². The molecule has 3 aliphatic heterocycles. The second-order valence-corrected chi connectivity index (χ2v) is 7.93. The van der Waals surface area contributed by atoms with Crippen LogP contribution in [-0.4, -0.2) is 66.2 Å². The Kier molecular flexibility index (Phi) is 5.44. The van der Waals surface area contributed by atoms with Gasteiger partial charge in [-0.1, -0.05) is 30.0 Å². The van der Waals surface area contributed by atoms with Crippen LogP contribution < -0.4 is 9.47 Å². The zero-order valence-electron chi connectivity index (χ0n) is 14.3. The standard InChI is InChI=1S/C18H20N2O4S2/c21-17-16(11-13-2-3-14-15(10-13)24-12-23-14)26-18(25)20(17)5-1-4-19-6-8-22-9-7-19/h2-3,10-11H,1,4-9,12H2. The van der Waals surface area contributed by atoms with Crippen molar-refractivity contribution in [1.82, 2.24) is 9.80 Å². The minimum absolute atomic E-state index is 0.0142. The largest absolute Gasteiger partial charge is 0.454 e. The van der Waals surface area contributed by atoms with E-state index in [0.29, 0.717) is 21.5 Å². The number of nitrogens with zero attached hydrogens (tertiary/aromatic N) is 2. The van der Waals surface area contributed by atoms with Crippen molar-refractivity contribution in [3.63, 3.8) is 0 Å². The summed E-state index contributed by atoms with van der Waals surface area (Å²) in [5.41, 5.74) is 0.906. The summed E-state index contributed by atoms with van der Waals surface area (Å²) in [5.74, 6) is 1.43. The number of rotatable bonds is 5. The first-order chi connectivity index (χ1) is 12.7. The van der Waals surface area contributed by atoms with E-state index in [9.17, 15) is 4.79 Å². The SMILES string of the molecule is O=C1C(=Cc2ccc3c(c2)OCO3)SC(=S)N1CCCN1CCOCC1. The van der Waals surface area contributed by atoms with Gasteiger partial charge in [0.1, 0.15) is 4.32 Å². The minimum Gasteiger partial charge on any atom is -0.454 e. The number of ether oxygens (including phenoxy) is 3. The number of thiocarbonyl (C=S) groups is 1. The summed E-state index contributed by atoms with van der Waals surface area (Å²) in [7, 11) is 0. The minimum atomic E-state index is -0.0142. The molecule has 0 unspecified atom stereocenters. The summed E-state index contributed by atoms with van der Waals surface area (Å²) in [5, 5.41) is 0. The van der Waals surface area contributed by atoms with Gasteiger partial charge in [-0.25, -0.2) is 0 Å². The Hall–Kier alpha value is -1.61. The number of amides is 1. The maximum atomic E-state index is 12.7. The fourth-order valence-corrected chi connectivity index (χ4v) is 4.43. The van der Waals surface area contributed by atoms with Gasteiger partial charge in [-0.2, -0.15) is 0 Å². The Bertz CT molecular complexity index is 747. The number of hydrogen-bond donors (Lipinski definition) is 0. The third kappa shape index (κ3) is 3.88. The Morgan fingerprint density at radius 1 is 1.15 bits per heavy atom. The maximum absolute atomic E-state index is 12.7. The predicted molar refractivity (Wildman–Crippen MR) is 104 cm³/mol. The maximum Gasteiger partial charge on any atom is 0.266 e. The predicted octanol–water partition coefficient (Wildman–Crippen LogP) is 2.34. The van der Waals surface area contributed by atoms with Crippen LogP contribution in [0.1, 0.15) is 12.0 Å². The van der Waals surface area contributed by atoms with Crippen molar-refractivity contribution < 1.29 is 19.0 Å². The highest BCUT2D eigenvalue weighted by atomic mass is 32.2. The van der Waals surface area contributed by atoms with Crippen LogP contribution in [0.4, 0.5) is 0 Å². The smallest absolute Gasteiger partial charge is 0.266 e. The average Bonchev–Trinajstić information content (AvgIpc) is 3.22. The summed E-state index contributed by atoms with van der Waals surface area (Å²) in [6, 6.07) is 5.66. The molecule has 3 aliphatic rings. The molecule has 1 amide bonds. The van der Waals surface area contributed by atoms with E-state index < -0.39 is 0 Å². The molecule has 26 heavy (non-hydrogen) atoms. The van der Waals surface area contributed by atoms with Crippen molar-refractivity contribution in [2.24, 2.45) is 0 Å². The number of hydrogen-bond acceptors (Lipinski definition) is 7. The fraction of sp³-hybridized carbons (Fsp3) is 0.444. The molecule has 4 rings (SSSR count). The normalized spacial score (nSPS) is 21.8. The Labute approximate surface area is 162 Å². The van der Waals surface area contributed by atoms with E-state index in [0.717, 1.165) is 50.6 Å². The zero-order chi connectivity index (χ0) is 17.9. The molecule has 2 fully saturated rings. The molecule has 3 heterocycles. The van der Waals surface area contributed by atoms with Gasteiger partial charge in [0.2, 0.25) is 6.79 Å². The average molecular weight is 393 g/mol. The van der Waals surface area contributed by atoms with E-state index in [4.69, 9.17) is 26.4 Å². The molecule has 8 heteroatoms. The lowest BCUT2D eigenvalue weighted by Crippen LogP contribution is -2.38. The first kappa shape index (κ1) is 17.8. The molecular formula is C18H20N2O4S2. The van der Waals surface area contributed by atoms with Crippen molar-refractivity contribution in [3.8, 4) is 11.5 Å². The Morgan fingerprint density at radius 2 is 1.96 bits per heavy atom. The van der Waals surface area contributed by atoms with Crippen molar-refractivity contribution >= 4 is 40.3 Å². The highest BCUT2D eigenvalue weighted by Gasteiger charge is 2.31. The van der Waals surface area contributed by atoms with Crippen molar-refractivity contribution in [2.75, 3.05) is 46.2 Å². The van der Waals surface area contributed by atoms with Crippen LogP contribution in [0.2, 0.25) is 0 Å². The third-order valence-electron chi connectivity index (χ3n) is 4.53. The molecule has 0 atom stereocenters. The Balaban J connectivity index is 1.37. The summed E-state index contributed by atoms with van der Waals surface area (Å²) in [6.07, 6.45) is 2.77. The molecule has 0 saturated carbocycles. The number of morpholine rings is 1. The number of thioether (sulfide) groups is 1. The zero-order valence-corrected chi connectivity index (χ0v) is 15.9. The molecule has 2 saturated heterocycles. The van der Waals surface area contributed by atoms with Gasteiger partial charge in [0.15, 0.2) is 11.5 Å². The van der Waals surface area contributed by atoms with Gasteiger partial charge < -0.3 is 14.2 Å². The number of fused-ring (bicyclic) bond motifs is 1. The molecule has 0 spiro atoms. The molecule has 0 aromatic heterocycles. The van der Waals surface area contributed by atoms with Crippen LogP contribution in [-0.2, 0) is 9.53 Å². The van der Waals surface area contributed by atoms with E-state index in [2.05, 4.69) is 4.90 Å². The first-order valence-corrected chi connectivity index (χ1v) is 9.88. The lowest BCUT2D eigenvalue weighted by atomic mass is 10.2. The van der Waals surface area contributed by atoms with Crippen LogP contribution in [0.5, 0.6) is 11.5 Å².